The van der Waals surface area contributed by atoms with Crippen LogP contribution in [-0.2, 0) is 16.3 Å². The summed E-state index contributed by atoms with van der Waals surface area (Å²) in [6.45, 7) is 0.893. The smallest absolute Gasteiger partial charge is 0.251 e. The number of amides is 1. The normalized spacial score (nSPS) is 22.8. The van der Waals surface area contributed by atoms with Crippen LogP contribution in [0.1, 0.15) is 15.9 Å². The van der Waals surface area contributed by atoms with Crippen molar-refractivity contribution in [2.75, 3.05) is 17.6 Å². The van der Waals surface area contributed by atoms with E-state index in [2.05, 4.69) is 10.6 Å². The summed E-state index contributed by atoms with van der Waals surface area (Å²) in [5.41, 5.74) is 2.74. The van der Waals surface area contributed by atoms with Crippen LogP contribution in [0, 0.1) is 0 Å². The Balaban J connectivity index is 1.73. The summed E-state index contributed by atoms with van der Waals surface area (Å²) in [5.74, 6) is -0.301. The van der Waals surface area contributed by atoms with Crippen molar-refractivity contribution in [3.05, 3.63) is 40.8 Å². The Kier molecular flexibility index (Phi) is 2.82. The third-order valence-corrected chi connectivity index (χ3v) is 4.72. The summed E-state index contributed by atoms with van der Waals surface area (Å²) in [6, 6.07) is 5.09. The van der Waals surface area contributed by atoms with Crippen LogP contribution >= 0.6 is 0 Å². The third kappa shape index (κ3) is 2.49. The minimum absolute atomic E-state index is 0.0536. The van der Waals surface area contributed by atoms with Crippen LogP contribution in [0.15, 0.2) is 29.7 Å². The van der Waals surface area contributed by atoms with Gasteiger partial charge in [0.2, 0.25) is 0 Å². The second kappa shape index (κ2) is 4.38. The maximum absolute atomic E-state index is 12.0. The first kappa shape index (κ1) is 12.2. The van der Waals surface area contributed by atoms with Gasteiger partial charge in [0, 0.05) is 23.2 Å². The molecule has 0 spiro atoms. The number of carbonyl (C=O) groups excluding carboxylic acids is 1. The minimum atomic E-state index is -3.14. The average Bonchev–Trinajstić information content (AvgIpc) is 2.94. The number of hydrogen-bond donors (Lipinski definition) is 2. The Bertz CT molecular complexity index is 664. The van der Waals surface area contributed by atoms with Gasteiger partial charge in [-0.3, -0.25) is 4.79 Å². The molecule has 19 heavy (non-hydrogen) atoms. The molecule has 2 N–H and O–H groups in total. The summed E-state index contributed by atoms with van der Waals surface area (Å²) in [4.78, 5) is 12.0. The number of rotatable bonds is 2. The van der Waals surface area contributed by atoms with Gasteiger partial charge in [-0.25, -0.2) is 8.42 Å². The Labute approximate surface area is 111 Å². The molecule has 0 bridgehead atoms. The number of benzene rings is 1. The van der Waals surface area contributed by atoms with E-state index in [-0.39, 0.29) is 11.7 Å². The molecule has 2 heterocycles. The first-order chi connectivity index (χ1) is 9.03. The van der Waals surface area contributed by atoms with Crippen LogP contribution < -0.4 is 10.6 Å². The molecule has 1 amide bonds. The zero-order valence-corrected chi connectivity index (χ0v) is 11.0. The first-order valence-corrected chi connectivity index (χ1v) is 7.84. The molecule has 2 aliphatic rings. The maximum Gasteiger partial charge on any atom is 0.251 e. The molecule has 0 aliphatic carbocycles. The predicted octanol–water partition coefficient (Wildman–Crippen LogP) is 0.695. The Hall–Kier alpha value is -1.82. The second-order valence-corrected chi connectivity index (χ2v) is 6.72. The Morgan fingerprint density at radius 3 is 2.95 bits per heavy atom. The molecule has 0 saturated carbocycles. The highest BCUT2D eigenvalue weighted by atomic mass is 32.2. The van der Waals surface area contributed by atoms with Crippen molar-refractivity contribution in [1.82, 2.24) is 5.32 Å². The molecule has 0 aromatic heterocycles. The minimum Gasteiger partial charge on any atom is -0.384 e. The molecule has 0 saturated heterocycles. The molecule has 1 aromatic rings. The SMILES string of the molecule is O=C(NC1C=CS(=O)(=O)C1)c1ccc2c(c1)NCC2. The molecule has 0 fully saturated rings. The van der Waals surface area contributed by atoms with Crippen LogP contribution in [0.2, 0.25) is 0 Å². The van der Waals surface area contributed by atoms with E-state index in [0.29, 0.717) is 5.56 Å². The van der Waals surface area contributed by atoms with Crippen molar-refractivity contribution in [2.45, 2.75) is 12.5 Å². The lowest BCUT2D eigenvalue weighted by atomic mass is 10.1. The third-order valence-electron chi connectivity index (χ3n) is 3.33. The predicted molar refractivity (Wildman–Crippen MR) is 72.8 cm³/mol. The van der Waals surface area contributed by atoms with Gasteiger partial charge in [0.1, 0.15) is 0 Å². The van der Waals surface area contributed by atoms with Crippen LogP contribution in [0.5, 0.6) is 0 Å². The number of fused-ring (bicyclic) bond motifs is 1. The zero-order chi connectivity index (χ0) is 13.5. The zero-order valence-electron chi connectivity index (χ0n) is 10.2. The summed E-state index contributed by atoms with van der Waals surface area (Å²) >= 11 is 0. The molecule has 0 radical (unpaired) electrons. The highest BCUT2D eigenvalue weighted by molar-refractivity contribution is 7.94. The highest BCUT2D eigenvalue weighted by Crippen LogP contribution is 2.23. The van der Waals surface area contributed by atoms with Crippen molar-refractivity contribution >= 4 is 21.4 Å². The molecule has 1 aromatic carbocycles. The quantitative estimate of drug-likeness (QED) is 0.835. The van der Waals surface area contributed by atoms with Gasteiger partial charge < -0.3 is 10.6 Å². The van der Waals surface area contributed by atoms with Crippen molar-refractivity contribution in [2.24, 2.45) is 0 Å². The maximum atomic E-state index is 12.0. The lowest BCUT2D eigenvalue weighted by molar-refractivity contribution is 0.0947. The second-order valence-electron chi connectivity index (χ2n) is 4.79. The lowest BCUT2D eigenvalue weighted by Gasteiger charge is -2.11. The molecule has 1 atom stereocenters. The Morgan fingerprint density at radius 1 is 1.37 bits per heavy atom. The van der Waals surface area contributed by atoms with E-state index in [0.717, 1.165) is 24.1 Å². The molecular formula is C13H14N2O3S. The van der Waals surface area contributed by atoms with Crippen LogP contribution in [-0.4, -0.2) is 32.7 Å². The van der Waals surface area contributed by atoms with Gasteiger partial charge in [-0.2, -0.15) is 0 Å². The fourth-order valence-corrected chi connectivity index (χ4v) is 3.58. The molecular weight excluding hydrogens is 264 g/mol. The van der Waals surface area contributed by atoms with Crippen molar-refractivity contribution in [3.8, 4) is 0 Å². The fraction of sp³-hybridized carbons (Fsp3) is 0.308. The van der Waals surface area contributed by atoms with Gasteiger partial charge >= 0.3 is 0 Å². The van der Waals surface area contributed by atoms with Gasteiger partial charge in [0.05, 0.1) is 11.8 Å². The van der Waals surface area contributed by atoms with Gasteiger partial charge in [-0.05, 0) is 30.2 Å². The number of nitrogens with one attached hydrogen (secondary N) is 2. The van der Waals surface area contributed by atoms with Gasteiger partial charge in [0.15, 0.2) is 9.84 Å². The average molecular weight is 278 g/mol. The fourth-order valence-electron chi connectivity index (χ4n) is 2.35. The largest absolute Gasteiger partial charge is 0.384 e. The lowest BCUT2D eigenvalue weighted by Crippen LogP contribution is -2.35. The van der Waals surface area contributed by atoms with E-state index in [4.69, 9.17) is 0 Å². The molecule has 5 nitrogen and oxygen atoms in total. The van der Waals surface area contributed by atoms with E-state index in [1.54, 1.807) is 6.07 Å². The van der Waals surface area contributed by atoms with Crippen LogP contribution in [0.3, 0.4) is 0 Å². The molecule has 6 heteroatoms. The van der Waals surface area contributed by atoms with E-state index in [1.165, 1.54) is 11.6 Å². The summed E-state index contributed by atoms with van der Waals surface area (Å²) in [7, 11) is -3.14. The molecule has 1 unspecified atom stereocenters. The van der Waals surface area contributed by atoms with Crippen molar-refractivity contribution < 1.29 is 13.2 Å². The number of anilines is 1. The van der Waals surface area contributed by atoms with Crippen molar-refractivity contribution in [3.63, 3.8) is 0 Å². The van der Waals surface area contributed by atoms with Crippen LogP contribution in [0.25, 0.3) is 0 Å². The number of carbonyl (C=O) groups is 1. The number of sulfone groups is 1. The van der Waals surface area contributed by atoms with E-state index >= 15 is 0 Å². The van der Waals surface area contributed by atoms with Gasteiger partial charge in [-0.1, -0.05) is 6.07 Å². The monoisotopic (exact) mass is 278 g/mol. The molecule has 100 valence electrons. The summed E-state index contributed by atoms with van der Waals surface area (Å²) < 4.78 is 22.5. The van der Waals surface area contributed by atoms with Gasteiger partial charge in [0.25, 0.3) is 5.91 Å². The van der Waals surface area contributed by atoms with Crippen molar-refractivity contribution in [1.29, 1.82) is 0 Å². The molecule has 2 aliphatic heterocycles. The highest BCUT2D eigenvalue weighted by Gasteiger charge is 2.23. The molecule has 3 rings (SSSR count). The Morgan fingerprint density at radius 2 is 2.21 bits per heavy atom. The topological polar surface area (TPSA) is 75.3 Å². The van der Waals surface area contributed by atoms with Gasteiger partial charge in [-0.15, -0.1) is 0 Å². The van der Waals surface area contributed by atoms with E-state index in [9.17, 15) is 13.2 Å². The standard InChI is InChI=1S/C13H14N2O3S/c16-13(15-11-4-6-19(17,18)8-11)10-2-1-9-3-5-14-12(9)7-10/h1-2,4,6-7,11,14H,3,5,8H2,(H,15,16). The van der Waals surface area contributed by atoms with E-state index in [1.807, 2.05) is 12.1 Å². The number of hydrogen-bond acceptors (Lipinski definition) is 4. The van der Waals surface area contributed by atoms with E-state index < -0.39 is 15.9 Å². The first-order valence-electron chi connectivity index (χ1n) is 6.12. The van der Waals surface area contributed by atoms with Crippen LogP contribution in [0.4, 0.5) is 5.69 Å². The summed E-state index contributed by atoms with van der Waals surface area (Å²) in [6.07, 6.45) is 2.49. The summed E-state index contributed by atoms with van der Waals surface area (Å²) in [5, 5.41) is 7.08.